The van der Waals surface area contributed by atoms with Crippen LogP contribution in [-0.2, 0) is 4.79 Å². The third-order valence-corrected chi connectivity index (χ3v) is 2.30. The highest BCUT2D eigenvalue weighted by Gasteiger charge is 2.05. The maximum Gasteiger partial charge on any atom is 0.159 e. The van der Waals surface area contributed by atoms with Crippen LogP contribution >= 0.6 is 11.6 Å². The van der Waals surface area contributed by atoms with Crippen LogP contribution in [0.1, 0.15) is 13.8 Å². The molecule has 0 amide bonds. The number of carbonyl (C=O) groups is 1. The van der Waals surface area contributed by atoms with E-state index in [0.717, 1.165) is 5.69 Å². The molecule has 0 aliphatic carbocycles. The van der Waals surface area contributed by atoms with Crippen molar-refractivity contribution >= 4 is 23.1 Å². The lowest BCUT2D eigenvalue weighted by Gasteiger charge is -2.08. The molecule has 1 N–H and O–H groups in total. The third-order valence-electron chi connectivity index (χ3n) is 2.01. The van der Waals surface area contributed by atoms with Gasteiger partial charge in [-0.2, -0.15) is 0 Å². The first-order valence-electron chi connectivity index (χ1n) is 5.11. The monoisotopic (exact) mass is 238 g/mol. The Balaban J connectivity index is 2.73. The Morgan fingerprint density at radius 1 is 1.50 bits per heavy atom. The van der Waals surface area contributed by atoms with Crippen molar-refractivity contribution in [2.45, 2.75) is 13.8 Å². The zero-order valence-electron chi connectivity index (χ0n) is 9.40. The number of anilines is 1. The fourth-order valence-corrected chi connectivity index (χ4v) is 1.21. The molecule has 0 atom stereocenters. The van der Waals surface area contributed by atoms with Crippen LogP contribution in [0.4, 0.5) is 5.69 Å². The van der Waals surface area contributed by atoms with Crippen molar-refractivity contribution in [2.24, 2.45) is 5.92 Å². The molecule has 0 aliphatic heterocycles. The van der Waals surface area contributed by atoms with Gasteiger partial charge in [0.15, 0.2) is 5.78 Å². The first-order valence-corrected chi connectivity index (χ1v) is 5.64. The number of hydrogen-bond donors (Lipinski definition) is 1. The number of carbonyl (C=O) groups excluding carboxylic acids is 1. The Morgan fingerprint density at radius 2 is 2.12 bits per heavy atom. The summed E-state index contributed by atoms with van der Waals surface area (Å²) in [5, 5.41) is 3.08. The molecule has 16 heavy (non-hydrogen) atoms. The van der Waals surface area contributed by atoms with Gasteiger partial charge in [0.1, 0.15) is 0 Å². The quantitative estimate of drug-likeness (QED) is 0.634. The number of ketones is 1. The summed E-state index contributed by atoms with van der Waals surface area (Å²) in [5.41, 5.74) is 1.57. The number of nitrogens with zero attached hydrogens (tertiary/aromatic N) is 1. The Morgan fingerprint density at radius 3 is 2.62 bits per heavy atom. The van der Waals surface area contributed by atoms with Gasteiger partial charge in [0.2, 0.25) is 0 Å². The van der Waals surface area contributed by atoms with Crippen LogP contribution in [-0.4, -0.2) is 16.6 Å². The van der Waals surface area contributed by atoms with Crippen molar-refractivity contribution in [3.63, 3.8) is 0 Å². The highest BCUT2D eigenvalue weighted by molar-refractivity contribution is 6.20. The number of aromatic nitrogens is 1. The molecule has 1 aromatic rings. The smallest absolute Gasteiger partial charge is 0.159 e. The minimum absolute atomic E-state index is 0.0162. The van der Waals surface area contributed by atoms with Gasteiger partial charge in [0.25, 0.3) is 0 Å². The molecule has 0 fully saturated rings. The Bertz CT molecular complexity index is 374. The summed E-state index contributed by atoms with van der Waals surface area (Å²) in [5.74, 6) is 0.329. The molecule has 0 aromatic carbocycles. The van der Waals surface area contributed by atoms with Crippen molar-refractivity contribution < 1.29 is 4.79 Å². The van der Waals surface area contributed by atoms with Gasteiger partial charge < -0.3 is 5.32 Å². The van der Waals surface area contributed by atoms with Gasteiger partial charge in [-0.1, -0.05) is 13.8 Å². The number of nitrogens with one attached hydrogen (secondary N) is 1. The maximum atomic E-state index is 11.5. The predicted octanol–water partition coefficient (Wildman–Crippen LogP) is 2.84. The van der Waals surface area contributed by atoms with E-state index in [1.165, 1.54) is 0 Å². The van der Waals surface area contributed by atoms with Crippen LogP contribution in [0.25, 0.3) is 0 Å². The molecule has 0 spiro atoms. The number of hydrogen-bond acceptors (Lipinski definition) is 3. The van der Waals surface area contributed by atoms with E-state index in [4.69, 9.17) is 11.6 Å². The van der Waals surface area contributed by atoms with Crippen LogP contribution in [0, 0.1) is 5.92 Å². The van der Waals surface area contributed by atoms with Gasteiger partial charge in [-0.05, 0) is 12.1 Å². The predicted molar refractivity (Wildman–Crippen MR) is 66.5 cm³/mol. The van der Waals surface area contributed by atoms with Gasteiger partial charge in [0, 0.05) is 35.8 Å². The molecule has 0 radical (unpaired) electrons. The van der Waals surface area contributed by atoms with Crippen LogP contribution < -0.4 is 5.32 Å². The van der Waals surface area contributed by atoms with E-state index in [1.807, 2.05) is 26.0 Å². The van der Waals surface area contributed by atoms with Gasteiger partial charge >= 0.3 is 0 Å². The van der Waals surface area contributed by atoms with Crippen LogP contribution in [0.15, 0.2) is 36.3 Å². The number of rotatable bonds is 5. The van der Waals surface area contributed by atoms with E-state index >= 15 is 0 Å². The summed E-state index contributed by atoms with van der Waals surface area (Å²) in [4.78, 5) is 15.4. The van der Waals surface area contributed by atoms with E-state index < -0.39 is 0 Å². The molecule has 1 aromatic heterocycles. The van der Waals surface area contributed by atoms with Gasteiger partial charge in [-0.3, -0.25) is 9.78 Å². The van der Waals surface area contributed by atoms with E-state index in [2.05, 4.69) is 10.3 Å². The molecule has 0 aliphatic rings. The molecular weight excluding hydrogens is 224 g/mol. The van der Waals surface area contributed by atoms with Crippen molar-refractivity contribution in [3.8, 4) is 0 Å². The third kappa shape index (κ3) is 4.03. The van der Waals surface area contributed by atoms with Crippen molar-refractivity contribution in [2.75, 3.05) is 11.2 Å². The second kappa shape index (κ2) is 6.28. The Labute approximate surface area is 101 Å². The normalized spacial score (nSPS) is 11.6. The van der Waals surface area contributed by atoms with Gasteiger partial charge in [-0.25, -0.2) is 0 Å². The largest absolute Gasteiger partial charge is 0.358 e. The highest BCUT2D eigenvalue weighted by atomic mass is 35.5. The lowest BCUT2D eigenvalue weighted by atomic mass is 10.1. The Hall–Kier alpha value is -1.35. The first kappa shape index (κ1) is 12.7. The molecular formula is C12H15ClN2O. The van der Waals surface area contributed by atoms with E-state index in [0.29, 0.717) is 5.70 Å². The zero-order valence-corrected chi connectivity index (χ0v) is 10.2. The second-order valence-electron chi connectivity index (χ2n) is 3.72. The summed E-state index contributed by atoms with van der Waals surface area (Å²) in [7, 11) is 0. The summed E-state index contributed by atoms with van der Waals surface area (Å²) < 4.78 is 0. The zero-order chi connectivity index (χ0) is 12.0. The topological polar surface area (TPSA) is 42.0 Å². The average Bonchev–Trinajstić information content (AvgIpc) is 2.29. The molecule has 0 unspecified atom stereocenters. The summed E-state index contributed by atoms with van der Waals surface area (Å²) >= 11 is 5.77. The molecule has 4 heteroatoms. The fraction of sp³-hybridized carbons (Fsp3) is 0.333. The van der Waals surface area contributed by atoms with Crippen molar-refractivity contribution in [1.29, 1.82) is 0 Å². The van der Waals surface area contributed by atoms with Crippen LogP contribution in [0.3, 0.4) is 0 Å². The minimum Gasteiger partial charge on any atom is -0.358 e. The van der Waals surface area contributed by atoms with Crippen molar-refractivity contribution in [1.82, 2.24) is 4.98 Å². The summed E-state index contributed by atoms with van der Waals surface area (Å²) in [6.07, 6.45) is 4.91. The van der Waals surface area contributed by atoms with Crippen LogP contribution in [0.2, 0.25) is 0 Å². The molecule has 1 heterocycles. The number of halogens is 1. The molecule has 3 nitrogen and oxygen atoms in total. The molecule has 1 rings (SSSR count). The van der Waals surface area contributed by atoms with E-state index in [9.17, 15) is 4.79 Å². The fourth-order valence-electron chi connectivity index (χ4n) is 1.07. The standard InChI is InChI=1S/C12H15ClN2O/c1-9(2)12(16)7-11(8-13)15-10-3-5-14-6-4-10/h3-7,9H,8H2,1-2H3,(H,14,15)/b11-7+. The van der Waals surface area contributed by atoms with E-state index in [1.54, 1.807) is 18.5 Å². The number of alkyl halides is 1. The Kier molecular flexibility index (Phi) is 4.99. The number of pyridine rings is 1. The van der Waals surface area contributed by atoms with Gasteiger partial charge in [-0.15, -0.1) is 11.6 Å². The van der Waals surface area contributed by atoms with Crippen molar-refractivity contribution in [3.05, 3.63) is 36.3 Å². The highest BCUT2D eigenvalue weighted by Crippen LogP contribution is 2.10. The molecule has 0 bridgehead atoms. The summed E-state index contributed by atoms with van der Waals surface area (Å²) in [6.45, 7) is 3.72. The maximum absolute atomic E-state index is 11.5. The summed E-state index contributed by atoms with van der Waals surface area (Å²) in [6, 6.07) is 3.64. The lowest BCUT2D eigenvalue weighted by molar-refractivity contribution is -0.117. The SMILES string of the molecule is CC(C)C(=O)/C=C(\CCl)Nc1ccncc1. The minimum atomic E-state index is -0.0162. The lowest BCUT2D eigenvalue weighted by Crippen LogP contribution is -2.09. The first-order chi connectivity index (χ1) is 7.63. The molecule has 86 valence electrons. The van der Waals surface area contributed by atoms with Gasteiger partial charge in [0.05, 0.1) is 5.88 Å². The number of allylic oxidation sites excluding steroid dienone is 2. The second-order valence-corrected chi connectivity index (χ2v) is 3.99. The molecule has 0 saturated heterocycles. The van der Waals surface area contributed by atoms with E-state index in [-0.39, 0.29) is 17.6 Å². The molecule has 0 saturated carbocycles. The van der Waals surface area contributed by atoms with Crippen LogP contribution in [0.5, 0.6) is 0 Å². The average molecular weight is 239 g/mol.